The van der Waals surface area contributed by atoms with Gasteiger partial charge < -0.3 is 16.4 Å². The third kappa shape index (κ3) is 4.93. The first-order chi connectivity index (χ1) is 7.72. The lowest BCUT2D eigenvalue weighted by Gasteiger charge is -2.09. The van der Waals surface area contributed by atoms with E-state index in [0.717, 1.165) is 24.6 Å². The lowest BCUT2D eigenvalue weighted by Crippen LogP contribution is -2.25. The molecule has 5 nitrogen and oxygen atoms in total. The fourth-order valence-electron chi connectivity index (χ4n) is 1.21. The molecule has 0 bridgehead atoms. The van der Waals surface area contributed by atoms with Crippen LogP contribution in [0, 0.1) is 0 Å². The lowest BCUT2D eigenvalue weighted by atomic mass is 10.3. The minimum atomic E-state index is 0.117. The van der Waals surface area contributed by atoms with E-state index in [1.54, 1.807) is 6.33 Å². The van der Waals surface area contributed by atoms with Gasteiger partial charge in [0.1, 0.15) is 18.0 Å². The molecule has 0 spiro atoms. The van der Waals surface area contributed by atoms with Crippen LogP contribution in [0.1, 0.15) is 26.7 Å². The van der Waals surface area contributed by atoms with E-state index in [4.69, 9.17) is 5.73 Å². The Morgan fingerprint density at radius 3 is 2.62 bits per heavy atom. The molecule has 1 aromatic rings. The average molecular weight is 223 g/mol. The fourth-order valence-corrected chi connectivity index (χ4v) is 1.21. The second-order valence-electron chi connectivity index (χ2n) is 3.93. The molecule has 0 saturated carbocycles. The van der Waals surface area contributed by atoms with Gasteiger partial charge in [-0.1, -0.05) is 13.3 Å². The van der Waals surface area contributed by atoms with Gasteiger partial charge in [0.15, 0.2) is 0 Å². The molecule has 4 N–H and O–H groups in total. The Kier molecular flexibility index (Phi) is 5.56. The Balaban J connectivity index is 2.43. The van der Waals surface area contributed by atoms with Crippen molar-refractivity contribution >= 4 is 11.6 Å². The summed E-state index contributed by atoms with van der Waals surface area (Å²) in [6, 6.07) is 2.02. The number of unbranched alkanes of at least 4 members (excludes halogenated alkanes) is 1. The van der Waals surface area contributed by atoms with Crippen molar-refractivity contribution in [1.29, 1.82) is 0 Å². The second kappa shape index (κ2) is 7.00. The van der Waals surface area contributed by atoms with Gasteiger partial charge in [0, 0.05) is 25.2 Å². The molecule has 1 aromatic heterocycles. The highest BCUT2D eigenvalue weighted by atomic mass is 15.1. The SMILES string of the molecule is CCCCNc1cc(NCC(C)N)ncn1. The summed E-state index contributed by atoms with van der Waals surface area (Å²) >= 11 is 0. The van der Waals surface area contributed by atoms with Gasteiger partial charge in [-0.15, -0.1) is 0 Å². The summed E-state index contributed by atoms with van der Waals surface area (Å²) in [5.74, 6) is 1.67. The molecule has 1 unspecified atom stereocenters. The highest BCUT2D eigenvalue weighted by molar-refractivity contribution is 5.46. The molecule has 5 heteroatoms. The predicted molar refractivity (Wildman–Crippen MR) is 67.6 cm³/mol. The average Bonchev–Trinajstić information content (AvgIpc) is 2.27. The van der Waals surface area contributed by atoms with Crippen molar-refractivity contribution in [3.63, 3.8) is 0 Å². The zero-order valence-electron chi connectivity index (χ0n) is 10.0. The topological polar surface area (TPSA) is 75.9 Å². The normalized spacial score (nSPS) is 12.2. The maximum Gasteiger partial charge on any atom is 0.131 e. The van der Waals surface area contributed by atoms with Crippen LogP contribution in [0.5, 0.6) is 0 Å². The van der Waals surface area contributed by atoms with Crippen LogP contribution < -0.4 is 16.4 Å². The summed E-state index contributed by atoms with van der Waals surface area (Å²) in [4.78, 5) is 8.27. The summed E-state index contributed by atoms with van der Waals surface area (Å²) in [7, 11) is 0. The Labute approximate surface area is 96.9 Å². The third-order valence-corrected chi connectivity index (χ3v) is 2.11. The molecule has 1 atom stereocenters. The molecular formula is C11H21N5. The van der Waals surface area contributed by atoms with Crippen LogP contribution in [-0.2, 0) is 0 Å². The Hall–Kier alpha value is -1.36. The number of aromatic nitrogens is 2. The van der Waals surface area contributed by atoms with Gasteiger partial charge in [-0.3, -0.25) is 0 Å². The molecule has 16 heavy (non-hydrogen) atoms. The van der Waals surface area contributed by atoms with E-state index in [-0.39, 0.29) is 6.04 Å². The van der Waals surface area contributed by atoms with Gasteiger partial charge in [-0.05, 0) is 13.3 Å². The zero-order chi connectivity index (χ0) is 11.8. The van der Waals surface area contributed by atoms with Crippen LogP contribution in [0.15, 0.2) is 12.4 Å². The lowest BCUT2D eigenvalue weighted by molar-refractivity contribution is 0.776. The standard InChI is InChI=1S/C11H21N5/c1-3-4-5-13-10-6-11(16-8-15-10)14-7-9(2)12/h6,8-9H,3-5,7,12H2,1-2H3,(H2,13,14,15,16). The van der Waals surface area contributed by atoms with Crippen molar-refractivity contribution < 1.29 is 0 Å². The smallest absolute Gasteiger partial charge is 0.131 e. The molecule has 0 radical (unpaired) electrons. The highest BCUT2D eigenvalue weighted by Crippen LogP contribution is 2.08. The maximum absolute atomic E-state index is 5.65. The Morgan fingerprint density at radius 1 is 1.31 bits per heavy atom. The van der Waals surface area contributed by atoms with E-state index < -0.39 is 0 Å². The second-order valence-corrected chi connectivity index (χ2v) is 3.93. The summed E-state index contributed by atoms with van der Waals surface area (Å²) < 4.78 is 0. The molecule has 0 aliphatic rings. The number of rotatable bonds is 7. The first kappa shape index (κ1) is 12.7. The van der Waals surface area contributed by atoms with Crippen molar-refractivity contribution in [1.82, 2.24) is 9.97 Å². The minimum Gasteiger partial charge on any atom is -0.370 e. The van der Waals surface area contributed by atoms with Crippen LogP contribution >= 0.6 is 0 Å². The van der Waals surface area contributed by atoms with Crippen LogP contribution in [0.25, 0.3) is 0 Å². The van der Waals surface area contributed by atoms with Gasteiger partial charge in [0.2, 0.25) is 0 Å². The van der Waals surface area contributed by atoms with E-state index in [1.165, 1.54) is 6.42 Å². The Bertz CT molecular complexity index is 300. The molecule has 0 aromatic carbocycles. The largest absolute Gasteiger partial charge is 0.370 e. The highest BCUT2D eigenvalue weighted by Gasteiger charge is 1.99. The van der Waals surface area contributed by atoms with E-state index in [0.29, 0.717) is 6.54 Å². The number of nitrogens with two attached hydrogens (primary N) is 1. The van der Waals surface area contributed by atoms with Crippen LogP contribution in [0.2, 0.25) is 0 Å². The minimum absolute atomic E-state index is 0.117. The van der Waals surface area contributed by atoms with Crippen molar-refractivity contribution in [2.24, 2.45) is 5.73 Å². The fraction of sp³-hybridized carbons (Fsp3) is 0.636. The van der Waals surface area contributed by atoms with E-state index in [2.05, 4.69) is 27.5 Å². The van der Waals surface area contributed by atoms with E-state index >= 15 is 0 Å². The third-order valence-electron chi connectivity index (χ3n) is 2.11. The van der Waals surface area contributed by atoms with Gasteiger partial charge in [-0.25, -0.2) is 9.97 Å². The summed E-state index contributed by atoms with van der Waals surface area (Å²) in [5, 5.41) is 6.41. The van der Waals surface area contributed by atoms with Gasteiger partial charge in [-0.2, -0.15) is 0 Å². The van der Waals surface area contributed by atoms with Crippen molar-refractivity contribution in [3.05, 3.63) is 12.4 Å². The molecular weight excluding hydrogens is 202 g/mol. The number of hydrogen-bond donors (Lipinski definition) is 3. The molecule has 0 amide bonds. The molecule has 90 valence electrons. The summed E-state index contributed by atoms with van der Waals surface area (Å²) in [6.45, 7) is 5.78. The molecule has 0 aliphatic carbocycles. The predicted octanol–water partition coefficient (Wildman–Crippen LogP) is 1.45. The van der Waals surface area contributed by atoms with E-state index in [1.807, 2.05) is 13.0 Å². The number of nitrogens with one attached hydrogen (secondary N) is 2. The zero-order valence-corrected chi connectivity index (χ0v) is 10.0. The van der Waals surface area contributed by atoms with Gasteiger partial charge in [0.25, 0.3) is 0 Å². The molecule has 0 fully saturated rings. The van der Waals surface area contributed by atoms with Crippen LogP contribution in [-0.4, -0.2) is 29.1 Å². The quantitative estimate of drug-likeness (QED) is 0.610. The Morgan fingerprint density at radius 2 is 2.00 bits per heavy atom. The van der Waals surface area contributed by atoms with Crippen LogP contribution in [0.4, 0.5) is 11.6 Å². The molecule has 1 heterocycles. The van der Waals surface area contributed by atoms with Crippen molar-refractivity contribution in [2.75, 3.05) is 23.7 Å². The number of nitrogens with zero attached hydrogens (tertiary/aromatic N) is 2. The van der Waals surface area contributed by atoms with Crippen LogP contribution in [0.3, 0.4) is 0 Å². The summed E-state index contributed by atoms with van der Waals surface area (Å²) in [5.41, 5.74) is 5.65. The number of anilines is 2. The maximum atomic E-state index is 5.65. The van der Waals surface area contributed by atoms with Crippen molar-refractivity contribution in [2.45, 2.75) is 32.7 Å². The van der Waals surface area contributed by atoms with Crippen molar-refractivity contribution in [3.8, 4) is 0 Å². The van der Waals surface area contributed by atoms with E-state index in [9.17, 15) is 0 Å². The molecule has 0 aliphatic heterocycles. The summed E-state index contributed by atoms with van der Waals surface area (Å²) in [6.07, 6.45) is 3.87. The molecule has 1 rings (SSSR count). The monoisotopic (exact) mass is 223 g/mol. The first-order valence-corrected chi connectivity index (χ1v) is 5.77. The first-order valence-electron chi connectivity index (χ1n) is 5.77. The van der Waals surface area contributed by atoms with Gasteiger partial charge >= 0.3 is 0 Å². The number of hydrogen-bond acceptors (Lipinski definition) is 5. The van der Waals surface area contributed by atoms with Gasteiger partial charge in [0.05, 0.1) is 0 Å². The molecule has 0 saturated heterocycles.